The van der Waals surface area contributed by atoms with Crippen molar-refractivity contribution < 1.29 is 13.5 Å². The second kappa shape index (κ2) is 3.82. The van der Waals surface area contributed by atoms with Crippen LogP contribution >= 0.6 is 15.9 Å². The molecule has 0 saturated carbocycles. The molecule has 1 fully saturated rings. The zero-order valence-corrected chi connectivity index (χ0v) is 8.77. The van der Waals surface area contributed by atoms with Crippen molar-refractivity contribution in [1.82, 2.24) is 5.32 Å². The molecule has 0 spiro atoms. The van der Waals surface area contributed by atoms with Gasteiger partial charge in [0, 0.05) is 17.6 Å². The van der Waals surface area contributed by atoms with Crippen LogP contribution in [0.4, 0.5) is 8.78 Å². The number of hydrogen-bond donors (Lipinski definition) is 1. The van der Waals surface area contributed by atoms with Crippen LogP contribution in [0.15, 0.2) is 16.6 Å². The van der Waals surface area contributed by atoms with Gasteiger partial charge < -0.3 is 10.1 Å². The molecule has 0 unspecified atom stereocenters. The molecule has 2 nitrogen and oxygen atoms in total. The molecule has 0 aromatic heterocycles. The zero-order valence-electron chi connectivity index (χ0n) is 7.19. The Morgan fingerprint density at radius 1 is 1.36 bits per heavy atom. The van der Waals surface area contributed by atoms with E-state index in [4.69, 9.17) is 4.74 Å². The molecule has 76 valence electrons. The van der Waals surface area contributed by atoms with Gasteiger partial charge in [0.1, 0.15) is 6.10 Å². The van der Waals surface area contributed by atoms with Crippen LogP contribution in [0.1, 0.15) is 0 Å². The molecular formula is C9H8BrF2NO. The van der Waals surface area contributed by atoms with Crippen LogP contribution in [0.25, 0.3) is 0 Å². The van der Waals surface area contributed by atoms with E-state index in [-0.39, 0.29) is 11.9 Å². The van der Waals surface area contributed by atoms with E-state index < -0.39 is 11.6 Å². The summed E-state index contributed by atoms with van der Waals surface area (Å²) in [6.07, 6.45) is -0.0572. The Morgan fingerprint density at radius 3 is 2.64 bits per heavy atom. The molecule has 1 heterocycles. The zero-order chi connectivity index (χ0) is 10.1. The van der Waals surface area contributed by atoms with Crippen LogP contribution in [0.3, 0.4) is 0 Å². The lowest BCUT2D eigenvalue weighted by atomic mass is 10.2. The minimum atomic E-state index is -0.930. The lowest BCUT2D eigenvalue weighted by Gasteiger charge is -2.28. The summed E-state index contributed by atoms with van der Waals surface area (Å²) in [5.41, 5.74) is 0. The van der Waals surface area contributed by atoms with Crippen LogP contribution in [0, 0.1) is 11.6 Å². The van der Waals surface area contributed by atoms with Crippen molar-refractivity contribution in [2.24, 2.45) is 0 Å². The second-order valence-electron chi connectivity index (χ2n) is 3.10. The summed E-state index contributed by atoms with van der Waals surface area (Å²) < 4.78 is 31.8. The lowest BCUT2D eigenvalue weighted by Crippen LogP contribution is -2.50. The first-order valence-corrected chi connectivity index (χ1v) is 4.98. The lowest BCUT2D eigenvalue weighted by molar-refractivity contribution is 0.135. The van der Waals surface area contributed by atoms with E-state index in [1.165, 1.54) is 6.07 Å². The van der Waals surface area contributed by atoms with Gasteiger partial charge in [-0.25, -0.2) is 4.39 Å². The molecule has 0 amide bonds. The average Bonchev–Trinajstić information content (AvgIpc) is 2.05. The minimum absolute atomic E-state index is 0.0385. The maximum Gasteiger partial charge on any atom is 0.200 e. The first-order valence-electron chi connectivity index (χ1n) is 4.19. The van der Waals surface area contributed by atoms with E-state index in [1.807, 2.05) is 0 Å². The highest BCUT2D eigenvalue weighted by molar-refractivity contribution is 9.10. The normalized spacial score (nSPS) is 16.5. The van der Waals surface area contributed by atoms with Crippen molar-refractivity contribution in [1.29, 1.82) is 0 Å². The fourth-order valence-electron chi connectivity index (χ4n) is 1.14. The SMILES string of the molecule is Fc1cc(Br)cc(OC2CNC2)c1F. The number of nitrogens with one attached hydrogen (secondary N) is 1. The van der Waals surface area contributed by atoms with Gasteiger partial charge in [0.2, 0.25) is 5.82 Å². The Morgan fingerprint density at radius 2 is 2.07 bits per heavy atom. The number of benzene rings is 1. The first-order chi connectivity index (χ1) is 6.66. The summed E-state index contributed by atoms with van der Waals surface area (Å²) in [5, 5.41) is 2.98. The maximum atomic E-state index is 13.2. The molecule has 1 aromatic rings. The molecular weight excluding hydrogens is 256 g/mol. The van der Waals surface area contributed by atoms with E-state index >= 15 is 0 Å². The highest BCUT2D eigenvalue weighted by Crippen LogP contribution is 2.26. The van der Waals surface area contributed by atoms with E-state index in [0.29, 0.717) is 17.6 Å². The Kier molecular flexibility index (Phi) is 2.69. The molecule has 1 aliphatic rings. The first kappa shape index (κ1) is 9.86. The maximum absolute atomic E-state index is 13.2. The molecule has 1 N–H and O–H groups in total. The van der Waals surface area contributed by atoms with Gasteiger partial charge in [-0.3, -0.25) is 0 Å². The number of rotatable bonds is 2. The van der Waals surface area contributed by atoms with Gasteiger partial charge in [-0.2, -0.15) is 4.39 Å². The molecule has 1 aromatic carbocycles. The van der Waals surface area contributed by atoms with Crippen molar-refractivity contribution in [3.8, 4) is 5.75 Å². The summed E-state index contributed by atoms with van der Waals surface area (Å²) in [6.45, 7) is 1.35. The molecule has 0 radical (unpaired) electrons. The molecule has 0 atom stereocenters. The summed E-state index contributed by atoms with van der Waals surface area (Å²) >= 11 is 3.07. The summed E-state index contributed by atoms with van der Waals surface area (Å²) in [4.78, 5) is 0. The average molecular weight is 264 g/mol. The predicted molar refractivity (Wildman–Crippen MR) is 51.3 cm³/mol. The van der Waals surface area contributed by atoms with Crippen LogP contribution in [-0.4, -0.2) is 19.2 Å². The fraction of sp³-hybridized carbons (Fsp3) is 0.333. The van der Waals surface area contributed by atoms with Gasteiger partial charge in [0.15, 0.2) is 11.6 Å². The molecule has 1 saturated heterocycles. The third-order valence-corrected chi connectivity index (χ3v) is 2.46. The number of hydrogen-bond acceptors (Lipinski definition) is 2. The van der Waals surface area contributed by atoms with Crippen molar-refractivity contribution in [3.63, 3.8) is 0 Å². The minimum Gasteiger partial charge on any atom is -0.485 e. The summed E-state index contributed by atoms with van der Waals surface area (Å²) in [5.74, 6) is -1.87. The third-order valence-electron chi connectivity index (χ3n) is 2.00. The fourth-order valence-corrected chi connectivity index (χ4v) is 1.55. The Bertz CT molecular complexity index is 355. The van der Waals surface area contributed by atoms with Crippen LogP contribution in [-0.2, 0) is 0 Å². The van der Waals surface area contributed by atoms with E-state index in [0.717, 1.165) is 6.07 Å². The van der Waals surface area contributed by atoms with E-state index in [2.05, 4.69) is 21.2 Å². The molecule has 1 aliphatic heterocycles. The summed E-state index contributed by atoms with van der Waals surface area (Å²) in [6, 6.07) is 2.50. The topological polar surface area (TPSA) is 21.3 Å². The molecule has 14 heavy (non-hydrogen) atoms. The van der Waals surface area contributed by atoms with Crippen LogP contribution in [0.2, 0.25) is 0 Å². The Hall–Kier alpha value is -0.680. The second-order valence-corrected chi connectivity index (χ2v) is 4.01. The highest BCUT2D eigenvalue weighted by Gasteiger charge is 2.21. The largest absolute Gasteiger partial charge is 0.485 e. The van der Waals surface area contributed by atoms with E-state index in [9.17, 15) is 8.78 Å². The number of ether oxygens (including phenoxy) is 1. The van der Waals surface area contributed by atoms with E-state index in [1.54, 1.807) is 0 Å². The van der Waals surface area contributed by atoms with Crippen molar-refractivity contribution in [2.75, 3.05) is 13.1 Å². The van der Waals surface area contributed by atoms with Gasteiger partial charge in [0.05, 0.1) is 0 Å². The number of halogens is 3. The molecule has 0 bridgehead atoms. The van der Waals surface area contributed by atoms with Crippen LogP contribution in [0.5, 0.6) is 5.75 Å². The van der Waals surface area contributed by atoms with Gasteiger partial charge >= 0.3 is 0 Å². The molecule has 5 heteroatoms. The van der Waals surface area contributed by atoms with Gasteiger partial charge in [-0.1, -0.05) is 15.9 Å². The van der Waals surface area contributed by atoms with Crippen molar-refractivity contribution in [2.45, 2.75) is 6.10 Å². The summed E-state index contributed by atoms with van der Waals surface area (Å²) in [7, 11) is 0. The predicted octanol–water partition coefficient (Wildman–Crippen LogP) is 2.08. The van der Waals surface area contributed by atoms with Crippen molar-refractivity contribution >= 4 is 15.9 Å². The smallest absolute Gasteiger partial charge is 0.200 e. The molecule has 0 aliphatic carbocycles. The monoisotopic (exact) mass is 263 g/mol. The Labute approximate surface area is 88.4 Å². The standard InChI is InChI=1S/C9H8BrF2NO/c10-5-1-7(11)9(12)8(2-5)14-6-3-13-4-6/h1-2,6,13H,3-4H2. The van der Waals surface area contributed by atoms with Gasteiger partial charge in [-0.05, 0) is 12.1 Å². The quantitative estimate of drug-likeness (QED) is 0.826. The highest BCUT2D eigenvalue weighted by atomic mass is 79.9. The van der Waals surface area contributed by atoms with Crippen molar-refractivity contribution in [3.05, 3.63) is 28.2 Å². The molecule has 2 rings (SSSR count). The van der Waals surface area contributed by atoms with Gasteiger partial charge in [0.25, 0.3) is 0 Å². The van der Waals surface area contributed by atoms with Crippen LogP contribution < -0.4 is 10.1 Å². The Balaban J connectivity index is 2.22. The van der Waals surface area contributed by atoms with Gasteiger partial charge in [-0.15, -0.1) is 0 Å². The third kappa shape index (κ3) is 1.88.